The molecule has 21 heavy (non-hydrogen) atoms. The van der Waals surface area contributed by atoms with Gasteiger partial charge in [0.15, 0.2) is 5.65 Å². The Morgan fingerprint density at radius 3 is 2.71 bits per heavy atom. The maximum absolute atomic E-state index is 6.01. The predicted octanol–water partition coefficient (Wildman–Crippen LogP) is 3.63. The van der Waals surface area contributed by atoms with Crippen LogP contribution in [0, 0.1) is 0 Å². The molecular weight excluding hydrogens is 330 g/mol. The Kier molecular flexibility index (Phi) is 2.35. The smallest absolute Gasteiger partial charge is 0.162 e. The minimum atomic E-state index is 0.128. The summed E-state index contributed by atoms with van der Waals surface area (Å²) in [4.78, 5) is 9.38. The third-order valence-corrected chi connectivity index (χ3v) is 4.82. The number of ether oxygens (including phenoxy) is 1. The van der Waals surface area contributed by atoms with Crippen molar-refractivity contribution < 1.29 is 4.74 Å². The SMILES string of the molecule is Brc1ccc2nc3n(c2n1)[C@@H](c1ccccc1)[C@@H]1C[C@H]3O1. The van der Waals surface area contributed by atoms with Crippen LogP contribution in [-0.2, 0) is 4.74 Å². The van der Waals surface area contributed by atoms with Crippen LogP contribution in [0.4, 0.5) is 0 Å². The molecule has 0 N–H and O–H groups in total. The largest absolute Gasteiger partial charge is 0.364 e. The van der Waals surface area contributed by atoms with Gasteiger partial charge in [0.1, 0.15) is 22.0 Å². The Morgan fingerprint density at radius 2 is 1.90 bits per heavy atom. The van der Waals surface area contributed by atoms with Crippen molar-refractivity contribution in [3.63, 3.8) is 0 Å². The molecule has 2 bridgehead atoms. The number of rotatable bonds is 1. The topological polar surface area (TPSA) is 39.9 Å². The van der Waals surface area contributed by atoms with Gasteiger partial charge in [-0.15, -0.1) is 0 Å². The van der Waals surface area contributed by atoms with E-state index >= 15 is 0 Å². The molecule has 5 heteroatoms. The number of halogens is 1. The Hall–Kier alpha value is -1.72. The maximum atomic E-state index is 6.01. The number of hydrogen-bond acceptors (Lipinski definition) is 3. The van der Waals surface area contributed by atoms with E-state index in [1.807, 2.05) is 18.2 Å². The van der Waals surface area contributed by atoms with Crippen molar-refractivity contribution in [2.45, 2.75) is 24.7 Å². The molecule has 3 aliphatic rings. The summed E-state index contributed by atoms with van der Waals surface area (Å²) in [7, 11) is 0. The van der Waals surface area contributed by atoms with E-state index in [1.54, 1.807) is 0 Å². The van der Waals surface area contributed by atoms with Crippen LogP contribution in [0.5, 0.6) is 0 Å². The first kappa shape index (κ1) is 11.9. The molecule has 6 rings (SSSR count). The van der Waals surface area contributed by atoms with Gasteiger partial charge in [-0.3, -0.25) is 0 Å². The molecule has 1 fully saturated rings. The van der Waals surface area contributed by atoms with E-state index in [9.17, 15) is 0 Å². The summed E-state index contributed by atoms with van der Waals surface area (Å²) < 4.78 is 9.10. The zero-order valence-electron chi connectivity index (χ0n) is 11.1. The summed E-state index contributed by atoms with van der Waals surface area (Å²) in [5.74, 6) is 1.01. The summed E-state index contributed by atoms with van der Waals surface area (Å²) in [5.41, 5.74) is 3.12. The molecule has 3 aromatic rings. The summed E-state index contributed by atoms with van der Waals surface area (Å²) in [6.45, 7) is 0. The van der Waals surface area contributed by atoms with Crippen LogP contribution < -0.4 is 0 Å². The van der Waals surface area contributed by atoms with Crippen molar-refractivity contribution in [1.29, 1.82) is 0 Å². The Labute approximate surface area is 129 Å². The third-order valence-electron chi connectivity index (χ3n) is 4.38. The lowest BCUT2D eigenvalue weighted by Crippen LogP contribution is -2.46. The number of imidazole rings is 1. The number of pyridine rings is 1. The average molecular weight is 342 g/mol. The van der Waals surface area contributed by atoms with Gasteiger partial charge in [-0.1, -0.05) is 30.3 Å². The minimum Gasteiger partial charge on any atom is -0.364 e. The molecule has 1 aromatic carbocycles. The molecule has 0 spiro atoms. The third kappa shape index (κ3) is 1.59. The van der Waals surface area contributed by atoms with Crippen LogP contribution in [0.15, 0.2) is 47.1 Å². The molecule has 1 saturated heterocycles. The fourth-order valence-corrected chi connectivity index (χ4v) is 3.73. The summed E-state index contributed by atoms with van der Waals surface area (Å²) in [5, 5.41) is 0. The Morgan fingerprint density at radius 1 is 1.10 bits per heavy atom. The molecule has 0 amide bonds. The molecule has 0 saturated carbocycles. The van der Waals surface area contributed by atoms with E-state index in [1.165, 1.54) is 5.56 Å². The minimum absolute atomic E-state index is 0.128. The normalized spacial score (nSPS) is 26.4. The fraction of sp³-hybridized carbons (Fsp3) is 0.250. The first-order chi connectivity index (χ1) is 10.3. The molecule has 5 heterocycles. The van der Waals surface area contributed by atoms with Crippen molar-refractivity contribution in [3.8, 4) is 0 Å². The quantitative estimate of drug-likeness (QED) is 0.634. The van der Waals surface area contributed by atoms with Gasteiger partial charge in [-0.2, -0.15) is 0 Å². The lowest BCUT2D eigenvalue weighted by molar-refractivity contribution is -0.168. The lowest BCUT2D eigenvalue weighted by atomic mass is 9.88. The van der Waals surface area contributed by atoms with Gasteiger partial charge in [0.25, 0.3) is 0 Å². The zero-order chi connectivity index (χ0) is 14.0. The van der Waals surface area contributed by atoms with Gasteiger partial charge in [-0.05, 0) is 33.6 Å². The molecule has 2 aromatic heterocycles. The summed E-state index contributed by atoms with van der Waals surface area (Å²) in [6, 6.07) is 14.6. The second kappa shape index (κ2) is 4.15. The molecular formula is C16H12BrN3O. The maximum Gasteiger partial charge on any atom is 0.162 e. The van der Waals surface area contributed by atoms with Crippen LogP contribution in [-0.4, -0.2) is 20.6 Å². The van der Waals surface area contributed by atoms with Gasteiger partial charge in [0.05, 0.1) is 12.1 Å². The van der Waals surface area contributed by atoms with Gasteiger partial charge in [0.2, 0.25) is 0 Å². The van der Waals surface area contributed by atoms with Crippen molar-refractivity contribution in [2.75, 3.05) is 0 Å². The number of hydrogen-bond donors (Lipinski definition) is 0. The molecule has 0 radical (unpaired) electrons. The fourth-order valence-electron chi connectivity index (χ4n) is 3.43. The number of fused-ring (bicyclic) bond motifs is 1. The molecule has 0 unspecified atom stereocenters. The lowest BCUT2D eigenvalue weighted by Gasteiger charge is -2.46. The van der Waals surface area contributed by atoms with Crippen molar-refractivity contribution >= 4 is 27.1 Å². The van der Waals surface area contributed by atoms with Crippen LogP contribution in [0.1, 0.15) is 30.0 Å². The van der Waals surface area contributed by atoms with Crippen molar-refractivity contribution in [1.82, 2.24) is 14.5 Å². The highest BCUT2D eigenvalue weighted by Crippen LogP contribution is 2.49. The van der Waals surface area contributed by atoms with E-state index < -0.39 is 0 Å². The van der Waals surface area contributed by atoms with E-state index in [4.69, 9.17) is 9.72 Å². The number of nitrogens with zero attached hydrogens (tertiary/aromatic N) is 3. The monoisotopic (exact) mass is 341 g/mol. The van der Waals surface area contributed by atoms with Gasteiger partial charge < -0.3 is 9.30 Å². The number of benzene rings is 1. The Balaban J connectivity index is 1.80. The summed E-state index contributed by atoms with van der Waals surface area (Å²) in [6.07, 6.45) is 1.40. The van der Waals surface area contributed by atoms with E-state index in [0.29, 0.717) is 0 Å². The van der Waals surface area contributed by atoms with E-state index in [2.05, 4.69) is 49.7 Å². The Bertz CT molecular complexity index is 839. The highest BCUT2D eigenvalue weighted by molar-refractivity contribution is 9.10. The van der Waals surface area contributed by atoms with Crippen LogP contribution >= 0.6 is 15.9 Å². The zero-order valence-corrected chi connectivity index (χ0v) is 12.7. The van der Waals surface area contributed by atoms with Gasteiger partial charge >= 0.3 is 0 Å². The first-order valence-electron chi connectivity index (χ1n) is 7.06. The van der Waals surface area contributed by atoms with Crippen molar-refractivity contribution in [2.24, 2.45) is 0 Å². The molecule has 3 atom stereocenters. The van der Waals surface area contributed by atoms with E-state index in [-0.39, 0.29) is 18.2 Å². The van der Waals surface area contributed by atoms with Gasteiger partial charge in [-0.25, -0.2) is 9.97 Å². The summed E-state index contributed by atoms with van der Waals surface area (Å²) >= 11 is 3.46. The highest BCUT2D eigenvalue weighted by Gasteiger charge is 2.48. The second-order valence-electron chi connectivity index (χ2n) is 5.57. The highest BCUT2D eigenvalue weighted by atomic mass is 79.9. The first-order valence-corrected chi connectivity index (χ1v) is 7.85. The molecule has 104 valence electrons. The van der Waals surface area contributed by atoms with Crippen LogP contribution in [0.2, 0.25) is 0 Å². The van der Waals surface area contributed by atoms with E-state index in [0.717, 1.165) is 28.0 Å². The number of aromatic nitrogens is 3. The molecule has 3 aliphatic heterocycles. The van der Waals surface area contributed by atoms with Crippen LogP contribution in [0.25, 0.3) is 11.2 Å². The van der Waals surface area contributed by atoms with Crippen molar-refractivity contribution in [3.05, 3.63) is 58.5 Å². The second-order valence-corrected chi connectivity index (χ2v) is 6.38. The standard InChI is InChI=1S/C16H12BrN3O/c17-13-7-6-10-15(19-13)20-14(9-4-2-1-3-5-9)11-8-12(21-11)16(20)18-10/h1-7,11-12,14H,8H2/t11-,12+,14-/m0/s1. The predicted molar refractivity (Wildman–Crippen MR) is 82.0 cm³/mol. The average Bonchev–Trinajstić information content (AvgIpc) is 2.85. The van der Waals surface area contributed by atoms with Crippen LogP contribution in [0.3, 0.4) is 0 Å². The van der Waals surface area contributed by atoms with Gasteiger partial charge in [0, 0.05) is 6.42 Å². The molecule has 0 aliphatic carbocycles. The molecule has 4 nitrogen and oxygen atoms in total.